The quantitative estimate of drug-likeness (QED) is 0.583. The minimum absolute atomic E-state index is 0.377. The second-order valence-corrected chi connectivity index (χ2v) is 16.0. The molecule has 0 unspecified atom stereocenters. The van der Waals surface area contributed by atoms with Gasteiger partial charge in [-0.3, -0.25) is 0 Å². The van der Waals surface area contributed by atoms with Crippen LogP contribution < -0.4 is 11.0 Å². The van der Waals surface area contributed by atoms with Gasteiger partial charge >= 0.3 is 0 Å². The monoisotopic (exact) mass is 290 g/mol. The summed E-state index contributed by atoms with van der Waals surface area (Å²) in [7, 11) is -3.00. The van der Waals surface area contributed by atoms with E-state index in [1.807, 2.05) is 0 Å². The van der Waals surface area contributed by atoms with Gasteiger partial charge in [0.25, 0.3) is 0 Å². The Morgan fingerprint density at radius 2 is 1.06 bits per heavy atom. The molecule has 0 spiro atoms. The van der Waals surface area contributed by atoms with Gasteiger partial charge in [0.2, 0.25) is 16.6 Å². The Bertz CT molecular complexity index is 225. The summed E-state index contributed by atoms with van der Waals surface area (Å²) < 4.78 is 11.7. The minimum atomic E-state index is -1.50. The van der Waals surface area contributed by atoms with Gasteiger partial charge in [0.1, 0.15) is 0 Å². The number of hydroxylamine groups is 2. The molecule has 1 saturated carbocycles. The Morgan fingerprint density at radius 3 is 1.33 bits per heavy atom. The van der Waals surface area contributed by atoms with Crippen LogP contribution in [0, 0.1) is 0 Å². The standard InChI is InChI=1S/C12H30N2O2Si2/c1-17(2,3)15-13-11-9-7-8-10-12(11)14-16-18(4,5)6/h11-14H,7-10H2,1-6H3/t11-,12-/m1/s1. The molecule has 1 aliphatic rings. The smallest absolute Gasteiger partial charge is 0.211 e. The van der Waals surface area contributed by atoms with Gasteiger partial charge in [-0.05, 0) is 52.1 Å². The lowest BCUT2D eigenvalue weighted by molar-refractivity contribution is 0.0510. The highest BCUT2D eigenvalue weighted by atomic mass is 28.4. The summed E-state index contributed by atoms with van der Waals surface area (Å²) >= 11 is 0. The minimum Gasteiger partial charge on any atom is -0.346 e. The first kappa shape index (κ1) is 16.3. The van der Waals surface area contributed by atoms with Crippen molar-refractivity contribution in [3.8, 4) is 0 Å². The van der Waals surface area contributed by atoms with Crippen molar-refractivity contribution in [3.63, 3.8) is 0 Å². The molecule has 1 fully saturated rings. The largest absolute Gasteiger partial charge is 0.346 e. The van der Waals surface area contributed by atoms with E-state index in [9.17, 15) is 0 Å². The SMILES string of the molecule is C[Si](C)(C)ON[C@@H]1CCCC[C@H]1NO[Si](C)(C)C. The van der Waals surface area contributed by atoms with Crippen molar-refractivity contribution in [2.24, 2.45) is 0 Å². The molecule has 108 valence electrons. The maximum absolute atomic E-state index is 5.84. The normalized spacial score (nSPS) is 26.3. The third-order valence-corrected chi connectivity index (χ3v) is 4.26. The molecular formula is C12H30N2O2Si2. The van der Waals surface area contributed by atoms with Gasteiger partial charge in [-0.1, -0.05) is 12.8 Å². The molecule has 0 aromatic carbocycles. The van der Waals surface area contributed by atoms with E-state index >= 15 is 0 Å². The molecule has 0 aromatic heterocycles. The Labute approximate surface area is 114 Å². The molecule has 0 heterocycles. The highest BCUT2D eigenvalue weighted by molar-refractivity contribution is 6.69. The Morgan fingerprint density at radius 1 is 0.722 bits per heavy atom. The van der Waals surface area contributed by atoms with Crippen LogP contribution in [0.5, 0.6) is 0 Å². The molecule has 0 amide bonds. The van der Waals surface area contributed by atoms with Gasteiger partial charge in [0.05, 0.1) is 0 Å². The van der Waals surface area contributed by atoms with Crippen molar-refractivity contribution in [1.82, 2.24) is 11.0 Å². The van der Waals surface area contributed by atoms with Crippen molar-refractivity contribution in [2.75, 3.05) is 0 Å². The molecule has 0 saturated heterocycles. The predicted molar refractivity (Wildman–Crippen MR) is 81.2 cm³/mol. The van der Waals surface area contributed by atoms with Gasteiger partial charge in [0, 0.05) is 12.1 Å². The summed E-state index contributed by atoms with van der Waals surface area (Å²) in [5.41, 5.74) is 6.57. The lowest BCUT2D eigenvalue weighted by Crippen LogP contribution is -2.54. The van der Waals surface area contributed by atoms with E-state index in [2.05, 4.69) is 50.2 Å². The zero-order chi connectivity index (χ0) is 13.8. The van der Waals surface area contributed by atoms with E-state index in [0.29, 0.717) is 12.1 Å². The van der Waals surface area contributed by atoms with E-state index in [1.165, 1.54) is 12.8 Å². The third kappa shape index (κ3) is 7.01. The summed E-state index contributed by atoms with van der Waals surface area (Å²) in [5.74, 6) is 0. The van der Waals surface area contributed by atoms with Gasteiger partial charge < -0.3 is 9.05 Å². The van der Waals surface area contributed by atoms with E-state index in [1.54, 1.807) is 0 Å². The van der Waals surface area contributed by atoms with Crippen LogP contribution in [-0.4, -0.2) is 28.7 Å². The molecule has 1 aliphatic carbocycles. The molecule has 1 rings (SSSR count). The molecule has 0 aromatic rings. The molecule has 0 aliphatic heterocycles. The Balaban J connectivity index is 2.42. The molecule has 18 heavy (non-hydrogen) atoms. The molecule has 0 radical (unpaired) electrons. The summed E-state index contributed by atoms with van der Waals surface area (Å²) in [6.45, 7) is 13.2. The third-order valence-electron chi connectivity index (χ3n) is 2.80. The van der Waals surface area contributed by atoms with Gasteiger partial charge in [-0.2, -0.15) is 0 Å². The average Bonchev–Trinajstić information content (AvgIpc) is 2.22. The van der Waals surface area contributed by atoms with Gasteiger partial charge in [0.15, 0.2) is 0 Å². The number of rotatable bonds is 6. The first-order valence-corrected chi connectivity index (χ1v) is 13.9. The maximum Gasteiger partial charge on any atom is 0.211 e. The van der Waals surface area contributed by atoms with Crippen LogP contribution in [0.15, 0.2) is 0 Å². The fourth-order valence-electron chi connectivity index (χ4n) is 1.92. The first-order chi connectivity index (χ1) is 8.17. The van der Waals surface area contributed by atoms with E-state index in [4.69, 9.17) is 9.05 Å². The molecular weight excluding hydrogens is 260 g/mol. The number of hydrogen-bond acceptors (Lipinski definition) is 4. The highest BCUT2D eigenvalue weighted by Crippen LogP contribution is 2.20. The van der Waals surface area contributed by atoms with Crippen molar-refractivity contribution < 1.29 is 9.05 Å². The molecule has 2 N–H and O–H groups in total. The van der Waals surface area contributed by atoms with Gasteiger partial charge in [-0.25, -0.2) is 11.0 Å². The molecule has 4 nitrogen and oxygen atoms in total. The fraction of sp³-hybridized carbons (Fsp3) is 1.00. The van der Waals surface area contributed by atoms with Crippen LogP contribution >= 0.6 is 0 Å². The number of nitrogens with one attached hydrogen (secondary N) is 2. The highest BCUT2D eigenvalue weighted by Gasteiger charge is 2.28. The predicted octanol–water partition coefficient (Wildman–Crippen LogP) is 3.01. The van der Waals surface area contributed by atoms with Crippen molar-refractivity contribution >= 4 is 16.6 Å². The van der Waals surface area contributed by atoms with Crippen LogP contribution in [0.3, 0.4) is 0 Å². The zero-order valence-electron chi connectivity index (χ0n) is 12.8. The molecule has 0 bridgehead atoms. The second-order valence-electron chi connectivity index (χ2n) is 7.16. The van der Waals surface area contributed by atoms with Crippen LogP contribution in [-0.2, 0) is 9.05 Å². The maximum atomic E-state index is 5.84. The first-order valence-electron chi connectivity index (χ1n) is 7.04. The summed E-state index contributed by atoms with van der Waals surface area (Å²) in [6, 6.07) is 0.753. The van der Waals surface area contributed by atoms with E-state index in [-0.39, 0.29) is 0 Å². The van der Waals surface area contributed by atoms with Crippen molar-refractivity contribution in [3.05, 3.63) is 0 Å². The lowest BCUT2D eigenvalue weighted by Gasteiger charge is -2.35. The summed E-state index contributed by atoms with van der Waals surface area (Å²) in [6.07, 6.45) is 4.88. The second kappa shape index (κ2) is 6.63. The molecule has 2 atom stereocenters. The van der Waals surface area contributed by atoms with Crippen molar-refractivity contribution in [2.45, 2.75) is 77.0 Å². The number of hydrogen-bond donors (Lipinski definition) is 2. The lowest BCUT2D eigenvalue weighted by atomic mass is 9.91. The van der Waals surface area contributed by atoms with Crippen LogP contribution in [0.1, 0.15) is 25.7 Å². The van der Waals surface area contributed by atoms with Gasteiger partial charge in [-0.15, -0.1) is 0 Å². The van der Waals surface area contributed by atoms with E-state index < -0.39 is 16.6 Å². The average molecular weight is 291 g/mol. The molecule has 6 heteroatoms. The van der Waals surface area contributed by atoms with Crippen molar-refractivity contribution in [1.29, 1.82) is 0 Å². The Hall–Kier alpha value is 0.274. The van der Waals surface area contributed by atoms with E-state index in [0.717, 1.165) is 12.8 Å². The topological polar surface area (TPSA) is 42.5 Å². The Kier molecular flexibility index (Phi) is 6.01. The summed E-state index contributed by atoms with van der Waals surface area (Å²) in [5, 5.41) is 0. The van der Waals surface area contributed by atoms with Crippen LogP contribution in [0.2, 0.25) is 39.3 Å². The van der Waals surface area contributed by atoms with Crippen LogP contribution in [0.25, 0.3) is 0 Å². The van der Waals surface area contributed by atoms with Crippen LogP contribution in [0.4, 0.5) is 0 Å². The summed E-state index contributed by atoms with van der Waals surface area (Å²) in [4.78, 5) is 0. The fourth-order valence-corrected chi connectivity index (χ4v) is 2.93. The zero-order valence-corrected chi connectivity index (χ0v) is 14.8.